The largest absolute Gasteiger partial charge is 0.382 e. The Balaban J connectivity index is 1.58. The monoisotopic (exact) mass is 381 g/mol. The summed E-state index contributed by atoms with van der Waals surface area (Å²) in [5, 5.41) is 14.1. The molecule has 1 saturated heterocycles. The summed E-state index contributed by atoms with van der Waals surface area (Å²) in [5.74, 6) is 0. The number of H-pyrrole nitrogens is 1. The standard InChI is InChI=1S/C22H31N5O/c1-14-19(11-23-25-20(14)28)27-12-15-7-6-8-18(17(15)13-27)24-16-9-21(2,3)26-22(4,5)10-16/h6-8,11,16,24,26H,9-10,12-13H2,1-5H3,(H,25,28). The number of hydrogen-bond acceptors (Lipinski definition) is 5. The van der Waals surface area contributed by atoms with E-state index in [4.69, 9.17) is 0 Å². The molecule has 0 spiro atoms. The van der Waals surface area contributed by atoms with Gasteiger partial charge in [-0.05, 0) is 64.7 Å². The number of rotatable bonds is 3. The van der Waals surface area contributed by atoms with Gasteiger partial charge < -0.3 is 15.5 Å². The van der Waals surface area contributed by atoms with E-state index in [1.807, 2.05) is 6.92 Å². The Morgan fingerprint density at radius 1 is 1.14 bits per heavy atom. The van der Waals surface area contributed by atoms with Gasteiger partial charge in [0.15, 0.2) is 0 Å². The topological polar surface area (TPSA) is 73.0 Å². The van der Waals surface area contributed by atoms with Crippen LogP contribution in [0.4, 0.5) is 11.4 Å². The summed E-state index contributed by atoms with van der Waals surface area (Å²) in [4.78, 5) is 14.2. The molecular weight excluding hydrogens is 350 g/mol. The Labute approximate surface area is 166 Å². The Morgan fingerprint density at radius 2 is 1.86 bits per heavy atom. The third-order valence-corrected chi connectivity index (χ3v) is 5.95. The highest BCUT2D eigenvalue weighted by Gasteiger charge is 2.38. The molecule has 2 aliphatic heterocycles. The molecule has 3 heterocycles. The molecular formula is C22H31N5O. The van der Waals surface area contributed by atoms with Gasteiger partial charge in [-0.1, -0.05) is 12.1 Å². The summed E-state index contributed by atoms with van der Waals surface area (Å²) in [6, 6.07) is 6.93. The van der Waals surface area contributed by atoms with Gasteiger partial charge in [0.25, 0.3) is 5.56 Å². The number of benzene rings is 1. The molecule has 0 atom stereocenters. The van der Waals surface area contributed by atoms with E-state index in [9.17, 15) is 4.79 Å². The second-order valence-electron chi connectivity index (χ2n) is 9.65. The van der Waals surface area contributed by atoms with Crippen molar-refractivity contribution in [3.63, 3.8) is 0 Å². The second kappa shape index (κ2) is 6.62. The number of piperidine rings is 1. The van der Waals surface area contributed by atoms with E-state index in [1.54, 1.807) is 6.20 Å². The Morgan fingerprint density at radius 3 is 2.57 bits per heavy atom. The highest BCUT2D eigenvalue weighted by atomic mass is 16.1. The number of aromatic amines is 1. The van der Waals surface area contributed by atoms with Gasteiger partial charge in [0, 0.05) is 41.5 Å². The van der Waals surface area contributed by atoms with Gasteiger partial charge >= 0.3 is 0 Å². The van der Waals surface area contributed by atoms with Crippen molar-refractivity contribution >= 4 is 11.4 Å². The number of hydrogen-bond donors (Lipinski definition) is 3. The normalized spacial score (nSPS) is 20.8. The SMILES string of the molecule is Cc1c(N2Cc3cccc(NC4CC(C)(C)NC(C)(C)C4)c3C2)cn[nH]c1=O. The van der Waals surface area contributed by atoms with E-state index in [-0.39, 0.29) is 16.6 Å². The predicted molar refractivity (Wildman–Crippen MR) is 114 cm³/mol. The molecule has 2 aromatic rings. The summed E-state index contributed by atoms with van der Waals surface area (Å²) in [5.41, 5.74) is 5.59. The van der Waals surface area contributed by atoms with E-state index < -0.39 is 0 Å². The van der Waals surface area contributed by atoms with Crippen LogP contribution in [-0.2, 0) is 13.1 Å². The first-order valence-corrected chi connectivity index (χ1v) is 10.1. The van der Waals surface area contributed by atoms with Gasteiger partial charge in [0.05, 0.1) is 11.9 Å². The van der Waals surface area contributed by atoms with Crippen LogP contribution in [0.25, 0.3) is 0 Å². The van der Waals surface area contributed by atoms with Crippen LogP contribution in [-0.4, -0.2) is 27.3 Å². The number of fused-ring (bicyclic) bond motifs is 1. The van der Waals surface area contributed by atoms with Crippen LogP contribution in [0, 0.1) is 6.92 Å². The third kappa shape index (κ3) is 3.65. The summed E-state index contributed by atoms with van der Waals surface area (Å²) in [6.07, 6.45) is 3.93. The minimum Gasteiger partial charge on any atom is -0.382 e. The molecule has 3 N–H and O–H groups in total. The lowest BCUT2D eigenvalue weighted by atomic mass is 9.79. The van der Waals surface area contributed by atoms with E-state index >= 15 is 0 Å². The van der Waals surface area contributed by atoms with Crippen LogP contribution in [0.3, 0.4) is 0 Å². The molecule has 1 aromatic carbocycles. The van der Waals surface area contributed by atoms with Crippen LogP contribution in [0.5, 0.6) is 0 Å². The Kier molecular flexibility index (Phi) is 4.49. The molecule has 0 unspecified atom stereocenters. The lowest BCUT2D eigenvalue weighted by molar-refractivity contribution is 0.170. The zero-order valence-corrected chi connectivity index (χ0v) is 17.5. The number of nitrogens with zero attached hydrogens (tertiary/aromatic N) is 2. The molecule has 0 aliphatic carbocycles. The average Bonchev–Trinajstić information content (AvgIpc) is 2.99. The van der Waals surface area contributed by atoms with Gasteiger partial charge in [0.1, 0.15) is 0 Å². The molecule has 28 heavy (non-hydrogen) atoms. The van der Waals surface area contributed by atoms with Gasteiger partial charge in [-0.25, -0.2) is 5.10 Å². The van der Waals surface area contributed by atoms with E-state index in [0.29, 0.717) is 6.04 Å². The molecule has 0 saturated carbocycles. The lowest BCUT2D eigenvalue weighted by Crippen LogP contribution is -2.60. The van der Waals surface area contributed by atoms with Gasteiger partial charge in [-0.3, -0.25) is 4.79 Å². The Bertz CT molecular complexity index is 930. The van der Waals surface area contributed by atoms with Crippen molar-refractivity contribution in [1.29, 1.82) is 0 Å². The molecule has 2 aliphatic rings. The van der Waals surface area contributed by atoms with Crippen LogP contribution in [0.1, 0.15) is 57.2 Å². The fourth-order valence-corrected chi connectivity index (χ4v) is 5.14. The maximum absolute atomic E-state index is 12.0. The predicted octanol–water partition coefficient (Wildman–Crippen LogP) is 3.32. The smallest absolute Gasteiger partial charge is 0.269 e. The fraction of sp³-hybridized carbons (Fsp3) is 0.545. The van der Waals surface area contributed by atoms with E-state index in [1.165, 1.54) is 16.8 Å². The van der Waals surface area contributed by atoms with Crippen molar-refractivity contribution in [2.45, 2.75) is 77.7 Å². The zero-order chi connectivity index (χ0) is 20.1. The third-order valence-electron chi connectivity index (χ3n) is 5.95. The molecule has 1 fully saturated rings. The number of nitrogens with one attached hydrogen (secondary N) is 3. The summed E-state index contributed by atoms with van der Waals surface area (Å²) < 4.78 is 0. The first-order valence-electron chi connectivity index (χ1n) is 10.1. The molecule has 6 heteroatoms. The quantitative estimate of drug-likeness (QED) is 0.761. The summed E-state index contributed by atoms with van der Waals surface area (Å²) in [6.45, 7) is 12.6. The van der Waals surface area contributed by atoms with Crippen LogP contribution in [0.15, 0.2) is 29.2 Å². The molecule has 0 radical (unpaired) electrons. The maximum atomic E-state index is 12.0. The first kappa shape index (κ1) is 19.0. The van der Waals surface area contributed by atoms with Crippen LogP contribution in [0.2, 0.25) is 0 Å². The first-order chi connectivity index (χ1) is 13.1. The van der Waals surface area contributed by atoms with Crippen molar-refractivity contribution in [3.8, 4) is 0 Å². The molecule has 4 rings (SSSR count). The highest BCUT2D eigenvalue weighted by molar-refractivity contribution is 5.63. The van der Waals surface area contributed by atoms with Crippen LogP contribution < -0.4 is 21.1 Å². The molecule has 1 aromatic heterocycles. The van der Waals surface area contributed by atoms with Crippen molar-refractivity contribution in [1.82, 2.24) is 15.5 Å². The van der Waals surface area contributed by atoms with E-state index in [2.05, 4.69) is 71.6 Å². The summed E-state index contributed by atoms with van der Waals surface area (Å²) in [7, 11) is 0. The van der Waals surface area contributed by atoms with Crippen molar-refractivity contribution in [2.24, 2.45) is 0 Å². The van der Waals surface area contributed by atoms with Gasteiger partial charge in [0.2, 0.25) is 0 Å². The molecule has 0 bridgehead atoms. The molecule has 150 valence electrons. The Hall–Kier alpha value is -2.34. The van der Waals surface area contributed by atoms with Crippen molar-refractivity contribution in [2.75, 3.05) is 10.2 Å². The minimum absolute atomic E-state index is 0.108. The number of aromatic nitrogens is 2. The lowest BCUT2D eigenvalue weighted by Gasteiger charge is -2.47. The van der Waals surface area contributed by atoms with Gasteiger partial charge in [-0.2, -0.15) is 5.10 Å². The zero-order valence-electron chi connectivity index (χ0n) is 17.5. The minimum atomic E-state index is -0.119. The van der Waals surface area contributed by atoms with E-state index in [0.717, 1.165) is 37.2 Å². The molecule has 0 amide bonds. The van der Waals surface area contributed by atoms with Crippen molar-refractivity contribution in [3.05, 3.63) is 51.4 Å². The maximum Gasteiger partial charge on any atom is 0.269 e. The fourth-order valence-electron chi connectivity index (χ4n) is 5.14. The van der Waals surface area contributed by atoms with Crippen LogP contribution >= 0.6 is 0 Å². The highest BCUT2D eigenvalue weighted by Crippen LogP contribution is 2.36. The van der Waals surface area contributed by atoms with Crippen molar-refractivity contribution < 1.29 is 0 Å². The summed E-state index contributed by atoms with van der Waals surface area (Å²) >= 11 is 0. The second-order valence-corrected chi connectivity index (χ2v) is 9.65. The number of anilines is 2. The average molecular weight is 382 g/mol. The van der Waals surface area contributed by atoms with Gasteiger partial charge in [-0.15, -0.1) is 0 Å². The molecule has 6 nitrogen and oxygen atoms in total.